The van der Waals surface area contributed by atoms with Crippen LogP contribution in [0.25, 0.3) is 21.7 Å². The highest BCUT2D eigenvalue weighted by molar-refractivity contribution is 6.08. The molecule has 5 nitrogen and oxygen atoms in total. The number of rotatable bonds is 4. The molecule has 0 spiro atoms. The van der Waals surface area contributed by atoms with Crippen LogP contribution in [0.4, 0.5) is 0 Å². The fourth-order valence-electron chi connectivity index (χ4n) is 5.09. The van der Waals surface area contributed by atoms with E-state index in [2.05, 4.69) is 33.7 Å². The molecular formula is C24H29N3O2. The van der Waals surface area contributed by atoms with Crippen molar-refractivity contribution < 1.29 is 9.21 Å². The van der Waals surface area contributed by atoms with Crippen LogP contribution in [0.5, 0.6) is 0 Å². The lowest BCUT2D eigenvalue weighted by atomic mass is 9.89. The highest BCUT2D eigenvalue weighted by Crippen LogP contribution is 2.30. The molecule has 1 saturated heterocycles. The quantitative estimate of drug-likeness (QED) is 0.715. The number of fused-ring (bicyclic) bond motifs is 3. The lowest BCUT2D eigenvalue weighted by molar-refractivity contribution is -0.121. The van der Waals surface area contributed by atoms with Gasteiger partial charge < -0.3 is 15.1 Å². The Hall–Kier alpha value is -2.37. The molecule has 1 aromatic heterocycles. The van der Waals surface area contributed by atoms with Gasteiger partial charge in [-0.3, -0.25) is 9.69 Å². The lowest BCUT2D eigenvalue weighted by Gasteiger charge is -2.39. The van der Waals surface area contributed by atoms with Crippen LogP contribution in [0, 0.1) is 0 Å². The van der Waals surface area contributed by atoms with Crippen molar-refractivity contribution >= 4 is 27.6 Å². The summed E-state index contributed by atoms with van der Waals surface area (Å²) in [5.41, 5.74) is 1.83. The van der Waals surface area contributed by atoms with Gasteiger partial charge in [-0.15, -0.1) is 0 Å². The van der Waals surface area contributed by atoms with Gasteiger partial charge in [-0.05, 0) is 42.5 Å². The van der Waals surface area contributed by atoms with Gasteiger partial charge in [0.1, 0.15) is 5.58 Å². The van der Waals surface area contributed by atoms with Crippen LogP contribution in [0.1, 0.15) is 31.2 Å². The molecule has 29 heavy (non-hydrogen) atoms. The summed E-state index contributed by atoms with van der Waals surface area (Å²) in [6.07, 6.45) is 6.65. The van der Waals surface area contributed by atoms with E-state index < -0.39 is 0 Å². The van der Waals surface area contributed by atoms with E-state index in [1.54, 1.807) is 6.26 Å². The molecule has 1 aliphatic carbocycles. The third-order valence-electron chi connectivity index (χ3n) is 6.62. The number of piperazine rings is 1. The number of carbonyl (C=O) groups is 1. The van der Waals surface area contributed by atoms with Crippen molar-refractivity contribution in [1.82, 2.24) is 15.5 Å². The minimum absolute atomic E-state index is 0.103. The molecule has 152 valence electrons. The SMILES string of the molecule is O=C(Cc1coc2ccc3ccccc3c12)NC1CCC(N2CCNCC2)CC1. The molecule has 2 heterocycles. The first-order valence-electron chi connectivity index (χ1n) is 10.9. The Morgan fingerprint density at radius 1 is 1.07 bits per heavy atom. The molecule has 2 fully saturated rings. The molecule has 5 heteroatoms. The number of nitrogens with zero attached hydrogens (tertiary/aromatic N) is 1. The third kappa shape index (κ3) is 3.89. The second-order valence-electron chi connectivity index (χ2n) is 8.46. The average molecular weight is 392 g/mol. The highest BCUT2D eigenvalue weighted by Gasteiger charge is 2.27. The summed E-state index contributed by atoms with van der Waals surface area (Å²) < 4.78 is 5.74. The Kier molecular flexibility index (Phi) is 5.25. The molecule has 3 aromatic rings. The van der Waals surface area contributed by atoms with Crippen LogP contribution in [0.15, 0.2) is 47.1 Å². The number of hydrogen-bond donors (Lipinski definition) is 2. The van der Waals surface area contributed by atoms with E-state index in [9.17, 15) is 4.79 Å². The van der Waals surface area contributed by atoms with E-state index in [-0.39, 0.29) is 5.91 Å². The summed E-state index contributed by atoms with van der Waals surface area (Å²) in [6, 6.07) is 13.3. The van der Waals surface area contributed by atoms with Gasteiger partial charge in [-0.2, -0.15) is 0 Å². The minimum Gasteiger partial charge on any atom is -0.464 e. The predicted octanol–water partition coefficient (Wildman–Crippen LogP) is 3.46. The van der Waals surface area contributed by atoms with E-state index in [1.165, 1.54) is 18.2 Å². The topological polar surface area (TPSA) is 57.5 Å². The molecule has 1 amide bonds. The highest BCUT2D eigenvalue weighted by atomic mass is 16.3. The molecule has 0 atom stereocenters. The Balaban J connectivity index is 1.22. The molecule has 1 aliphatic heterocycles. The first-order valence-corrected chi connectivity index (χ1v) is 10.9. The van der Waals surface area contributed by atoms with Crippen LogP contribution in [-0.2, 0) is 11.2 Å². The van der Waals surface area contributed by atoms with Gasteiger partial charge >= 0.3 is 0 Å². The molecule has 2 N–H and O–H groups in total. The Morgan fingerprint density at radius 2 is 1.86 bits per heavy atom. The van der Waals surface area contributed by atoms with Crippen molar-refractivity contribution in [3.63, 3.8) is 0 Å². The second-order valence-corrected chi connectivity index (χ2v) is 8.46. The summed E-state index contributed by atoms with van der Waals surface area (Å²) in [7, 11) is 0. The smallest absolute Gasteiger partial charge is 0.224 e. The van der Waals surface area contributed by atoms with E-state index in [1.807, 2.05) is 18.2 Å². The van der Waals surface area contributed by atoms with Crippen molar-refractivity contribution in [3.05, 3.63) is 48.2 Å². The van der Waals surface area contributed by atoms with E-state index in [0.717, 1.165) is 60.9 Å². The molecule has 1 saturated carbocycles. The van der Waals surface area contributed by atoms with Gasteiger partial charge in [0.25, 0.3) is 0 Å². The van der Waals surface area contributed by atoms with Crippen molar-refractivity contribution in [2.75, 3.05) is 26.2 Å². The van der Waals surface area contributed by atoms with Crippen molar-refractivity contribution in [2.24, 2.45) is 0 Å². The Labute approximate surface area is 171 Å². The molecule has 0 radical (unpaired) electrons. The molecule has 2 aliphatic rings. The molecule has 0 unspecified atom stereocenters. The maximum absolute atomic E-state index is 12.8. The Bertz CT molecular complexity index is 998. The summed E-state index contributed by atoms with van der Waals surface area (Å²) >= 11 is 0. The third-order valence-corrected chi connectivity index (χ3v) is 6.62. The zero-order valence-corrected chi connectivity index (χ0v) is 16.8. The van der Waals surface area contributed by atoms with Crippen molar-refractivity contribution in [1.29, 1.82) is 0 Å². The first kappa shape index (κ1) is 18.6. The average Bonchev–Trinajstić information content (AvgIpc) is 3.18. The maximum Gasteiger partial charge on any atom is 0.224 e. The van der Waals surface area contributed by atoms with Gasteiger partial charge in [-0.25, -0.2) is 0 Å². The maximum atomic E-state index is 12.8. The fourth-order valence-corrected chi connectivity index (χ4v) is 5.09. The zero-order valence-electron chi connectivity index (χ0n) is 16.8. The van der Waals surface area contributed by atoms with Crippen LogP contribution in [0.3, 0.4) is 0 Å². The largest absolute Gasteiger partial charge is 0.464 e. The molecular weight excluding hydrogens is 362 g/mol. The number of hydrogen-bond acceptors (Lipinski definition) is 4. The number of carbonyl (C=O) groups excluding carboxylic acids is 1. The lowest BCUT2D eigenvalue weighted by Crippen LogP contribution is -2.51. The van der Waals surface area contributed by atoms with Crippen LogP contribution in [-0.4, -0.2) is 49.1 Å². The van der Waals surface area contributed by atoms with Crippen LogP contribution >= 0.6 is 0 Å². The molecule has 5 rings (SSSR count). The van der Waals surface area contributed by atoms with Crippen molar-refractivity contribution in [2.45, 2.75) is 44.2 Å². The summed E-state index contributed by atoms with van der Waals surface area (Å²) in [5, 5.41) is 10.1. The first-order chi connectivity index (χ1) is 14.3. The number of benzene rings is 2. The minimum atomic E-state index is 0.103. The van der Waals surface area contributed by atoms with Gasteiger partial charge in [0.2, 0.25) is 5.91 Å². The zero-order chi connectivity index (χ0) is 19.6. The second kappa shape index (κ2) is 8.17. The van der Waals surface area contributed by atoms with Gasteiger partial charge in [-0.1, -0.05) is 30.3 Å². The fraction of sp³-hybridized carbons (Fsp3) is 0.458. The molecule has 0 bridgehead atoms. The summed E-state index contributed by atoms with van der Waals surface area (Å²) in [4.78, 5) is 15.4. The number of nitrogens with one attached hydrogen (secondary N) is 2. The Morgan fingerprint density at radius 3 is 2.69 bits per heavy atom. The predicted molar refractivity (Wildman–Crippen MR) is 116 cm³/mol. The van der Waals surface area contributed by atoms with Gasteiger partial charge in [0.15, 0.2) is 0 Å². The normalized spacial score (nSPS) is 23.4. The number of furan rings is 1. The standard InChI is InChI=1S/C24H29N3O2/c28-23(26-19-6-8-20(9-7-19)27-13-11-25-12-14-27)15-18-16-29-22-10-5-17-3-1-2-4-21(17)24(18)22/h1-5,10,16,19-20,25H,6-9,11-15H2,(H,26,28). The van der Waals surface area contributed by atoms with Gasteiger partial charge in [0, 0.05) is 49.2 Å². The van der Waals surface area contributed by atoms with E-state index in [0.29, 0.717) is 18.5 Å². The molecule has 2 aromatic carbocycles. The van der Waals surface area contributed by atoms with Crippen LogP contribution < -0.4 is 10.6 Å². The van der Waals surface area contributed by atoms with Crippen LogP contribution in [0.2, 0.25) is 0 Å². The van der Waals surface area contributed by atoms with E-state index >= 15 is 0 Å². The summed E-state index contributed by atoms with van der Waals surface area (Å²) in [5.74, 6) is 0.103. The number of amides is 1. The monoisotopic (exact) mass is 391 g/mol. The van der Waals surface area contributed by atoms with E-state index in [4.69, 9.17) is 4.42 Å². The van der Waals surface area contributed by atoms with Crippen molar-refractivity contribution in [3.8, 4) is 0 Å². The summed E-state index contributed by atoms with van der Waals surface area (Å²) in [6.45, 7) is 4.51. The van der Waals surface area contributed by atoms with Gasteiger partial charge in [0.05, 0.1) is 12.7 Å².